The van der Waals surface area contributed by atoms with Crippen LogP contribution in [0.2, 0.25) is 0 Å². The molecule has 0 aliphatic carbocycles. The van der Waals surface area contributed by atoms with E-state index in [0.717, 1.165) is 5.56 Å². The second-order valence-corrected chi connectivity index (χ2v) is 3.37. The molecule has 0 aromatic heterocycles. The van der Waals surface area contributed by atoms with Gasteiger partial charge in [0, 0.05) is 5.56 Å². The Balaban J connectivity index is 3.00. The highest BCUT2D eigenvalue weighted by Crippen LogP contribution is 2.20. The molecule has 0 N–H and O–H groups in total. The van der Waals surface area contributed by atoms with Crippen molar-refractivity contribution < 1.29 is 9.53 Å². The smallest absolute Gasteiger partial charge is 0.174 e. The standard InChI is InChI=1S/C13H13NO2/c1-10(11(2)15)9-12-5-3-4-6-13(12)16-8-7-14/h3-6,9H,8H2,1-2H3/b10-9+. The van der Waals surface area contributed by atoms with Gasteiger partial charge in [0.1, 0.15) is 11.8 Å². The molecule has 1 aromatic rings. The molecule has 0 aliphatic rings. The molecular weight excluding hydrogens is 202 g/mol. The molecule has 0 heterocycles. The van der Waals surface area contributed by atoms with Crippen LogP contribution in [0, 0.1) is 11.3 Å². The number of carbonyl (C=O) groups is 1. The molecule has 1 aromatic carbocycles. The Hall–Kier alpha value is -2.08. The van der Waals surface area contributed by atoms with E-state index in [2.05, 4.69) is 0 Å². The van der Waals surface area contributed by atoms with Gasteiger partial charge in [-0.05, 0) is 31.6 Å². The summed E-state index contributed by atoms with van der Waals surface area (Å²) in [5, 5.41) is 8.44. The zero-order chi connectivity index (χ0) is 12.0. The van der Waals surface area contributed by atoms with Gasteiger partial charge in [0.05, 0.1) is 0 Å². The van der Waals surface area contributed by atoms with Crippen molar-refractivity contribution in [1.29, 1.82) is 5.26 Å². The van der Waals surface area contributed by atoms with E-state index < -0.39 is 0 Å². The van der Waals surface area contributed by atoms with Gasteiger partial charge in [0.25, 0.3) is 0 Å². The summed E-state index contributed by atoms with van der Waals surface area (Å²) < 4.78 is 5.25. The summed E-state index contributed by atoms with van der Waals surface area (Å²) in [4.78, 5) is 11.1. The number of Topliss-reactive ketones (excluding diaryl/α,β-unsaturated/α-hetero) is 1. The van der Waals surface area contributed by atoms with Gasteiger partial charge < -0.3 is 4.74 Å². The third-order valence-electron chi connectivity index (χ3n) is 2.14. The molecule has 0 bridgehead atoms. The lowest BCUT2D eigenvalue weighted by atomic mass is 10.1. The van der Waals surface area contributed by atoms with E-state index in [1.807, 2.05) is 24.3 Å². The van der Waals surface area contributed by atoms with Crippen molar-refractivity contribution in [3.8, 4) is 11.8 Å². The van der Waals surface area contributed by atoms with Crippen LogP contribution in [0.5, 0.6) is 5.75 Å². The summed E-state index contributed by atoms with van der Waals surface area (Å²) in [5.41, 5.74) is 1.47. The van der Waals surface area contributed by atoms with Crippen LogP contribution in [-0.4, -0.2) is 12.4 Å². The predicted molar refractivity (Wildman–Crippen MR) is 61.9 cm³/mol. The van der Waals surface area contributed by atoms with Crippen LogP contribution in [0.1, 0.15) is 19.4 Å². The van der Waals surface area contributed by atoms with E-state index >= 15 is 0 Å². The Bertz CT molecular complexity index is 455. The van der Waals surface area contributed by atoms with Crippen molar-refractivity contribution in [3.63, 3.8) is 0 Å². The minimum atomic E-state index is 0.00394. The minimum absolute atomic E-state index is 0.00394. The number of nitriles is 1. The molecule has 82 valence electrons. The maximum atomic E-state index is 11.1. The third-order valence-corrected chi connectivity index (χ3v) is 2.14. The highest BCUT2D eigenvalue weighted by atomic mass is 16.5. The SMILES string of the molecule is CC(=O)/C(C)=C/c1ccccc1OCC#N. The second kappa shape index (κ2) is 5.72. The average Bonchev–Trinajstić information content (AvgIpc) is 2.27. The fourth-order valence-corrected chi connectivity index (χ4v) is 1.18. The summed E-state index contributed by atoms with van der Waals surface area (Å²) in [6, 6.07) is 9.22. The molecule has 0 unspecified atom stereocenters. The minimum Gasteiger partial charge on any atom is -0.478 e. The Morgan fingerprint density at radius 1 is 1.44 bits per heavy atom. The Morgan fingerprint density at radius 2 is 2.12 bits per heavy atom. The monoisotopic (exact) mass is 215 g/mol. The van der Waals surface area contributed by atoms with Gasteiger partial charge in [-0.25, -0.2) is 0 Å². The van der Waals surface area contributed by atoms with Crippen LogP contribution in [0.3, 0.4) is 0 Å². The second-order valence-electron chi connectivity index (χ2n) is 3.37. The average molecular weight is 215 g/mol. The first-order valence-electron chi connectivity index (χ1n) is 4.93. The maximum absolute atomic E-state index is 11.1. The van der Waals surface area contributed by atoms with Crippen molar-refractivity contribution in [2.75, 3.05) is 6.61 Å². The van der Waals surface area contributed by atoms with E-state index in [4.69, 9.17) is 10.00 Å². The van der Waals surface area contributed by atoms with E-state index in [1.54, 1.807) is 19.1 Å². The summed E-state index contributed by atoms with van der Waals surface area (Å²) in [6.07, 6.45) is 1.76. The summed E-state index contributed by atoms with van der Waals surface area (Å²) >= 11 is 0. The number of carbonyl (C=O) groups excluding carboxylic acids is 1. The lowest BCUT2D eigenvalue weighted by molar-refractivity contribution is -0.113. The molecule has 0 saturated heterocycles. The molecule has 0 spiro atoms. The van der Waals surface area contributed by atoms with Gasteiger partial charge >= 0.3 is 0 Å². The van der Waals surface area contributed by atoms with Gasteiger partial charge in [0.15, 0.2) is 12.4 Å². The number of hydrogen-bond donors (Lipinski definition) is 0. The van der Waals surface area contributed by atoms with Crippen LogP contribution in [-0.2, 0) is 4.79 Å². The molecular formula is C13H13NO2. The van der Waals surface area contributed by atoms with Crippen molar-refractivity contribution in [1.82, 2.24) is 0 Å². The third kappa shape index (κ3) is 3.25. The zero-order valence-corrected chi connectivity index (χ0v) is 9.36. The lowest BCUT2D eigenvalue weighted by Crippen LogP contribution is -1.96. The van der Waals surface area contributed by atoms with E-state index in [9.17, 15) is 4.79 Å². The summed E-state index contributed by atoms with van der Waals surface area (Å²) in [6.45, 7) is 3.28. The molecule has 0 radical (unpaired) electrons. The summed E-state index contributed by atoms with van der Waals surface area (Å²) in [5.74, 6) is 0.639. The van der Waals surface area contributed by atoms with E-state index in [-0.39, 0.29) is 12.4 Å². The normalized spacial score (nSPS) is 10.7. The number of para-hydroxylation sites is 1. The Labute approximate surface area is 95.0 Å². The fourth-order valence-electron chi connectivity index (χ4n) is 1.18. The van der Waals surface area contributed by atoms with Crippen molar-refractivity contribution in [3.05, 3.63) is 35.4 Å². The molecule has 0 fully saturated rings. The molecule has 0 aliphatic heterocycles. The first-order valence-corrected chi connectivity index (χ1v) is 4.93. The van der Waals surface area contributed by atoms with Gasteiger partial charge in [-0.15, -0.1) is 0 Å². The van der Waals surface area contributed by atoms with Gasteiger partial charge in [0.2, 0.25) is 0 Å². The Morgan fingerprint density at radius 3 is 2.75 bits per heavy atom. The lowest BCUT2D eigenvalue weighted by Gasteiger charge is -2.06. The van der Waals surface area contributed by atoms with Crippen LogP contribution < -0.4 is 4.74 Å². The topological polar surface area (TPSA) is 50.1 Å². The Kier molecular flexibility index (Phi) is 4.28. The van der Waals surface area contributed by atoms with E-state index in [1.165, 1.54) is 6.92 Å². The first-order chi connectivity index (χ1) is 7.65. The molecule has 1 rings (SSSR count). The number of ketones is 1. The van der Waals surface area contributed by atoms with Crippen molar-refractivity contribution in [2.24, 2.45) is 0 Å². The molecule has 16 heavy (non-hydrogen) atoms. The highest BCUT2D eigenvalue weighted by Gasteiger charge is 2.02. The molecule has 3 nitrogen and oxygen atoms in total. The zero-order valence-electron chi connectivity index (χ0n) is 9.36. The number of allylic oxidation sites excluding steroid dienone is 1. The number of nitrogens with zero attached hydrogens (tertiary/aromatic N) is 1. The predicted octanol–water partition coefficient (Wildman–Crippen LogP) is 2.58. The first kappa shape index (κ1) is 12.0. The van der Waals surface area contributed by atoms with Gasteiger partial charge in [-0.3, -0.25) is 4.79 Å². The fraction of sp³-hybridized carbons (Fsp3) is 0.231. The summed E-state index contributed by atoms with van der Waals surface area (Å²) in [7, 11) is 0. The van der Waals surface area contributed by atoms with Crippen LogP contribution in [0.15, 0.2) is 29.8 Å². The molecule has 0 saturated carbocycles. The van der Waals surface area contributed by atoms with Gasteiger partial charge in [-0.2, -0.15) is 5.26 Å². The largest absolute Gasteiger partial charge is 0.478 e. The highest BCUT2D eigenvalue weighted by molar-refractivity contribution is 5.97. The number of hydrogen-bond acceptors (Lipinski definition) is 3. The van der Waals surface area contributed by atoms with Gasteiger partial charge in [-0.1, -0.05) is 18.2 Å². The van der Waals surface area contributed by atoms with Crippen molar-refractivity contribution in [2.45, 2.75) is 13.8 Å². The van der Waals surface area contributed by atoms with Crippen LogP contribution >= 0.6 is 0 Å². The molecule has 0 atom stereocenters. The number of ether oxygens (including phenoxy) is 1. The molecule has 3 heteroatoms. The van der Waals surface area contributed by atoms with E-state index in [0.29, 0.717) is 11.3 Å². The quantitative estimate of drug-likeness (QED) is 0.725. The number of rotatable bonds is 4. The van der Waals surface area contributed by atoms with Crippen molar-refractivity contribution >= 4 is 11.9 Å². The maximum Gasteiger partial charge on any atom is 0.174 e. The number of benzene rings is 1. The van der Waals surface area contributed by atoms with Crippen LogP contribution in [0.4, 0.5) is 0 Å². The van der Waals surface area contributed by atoms with Crippen LogP contribution in [0.25, 0.3) is 6.08 Å². The molecule has 0 amide bonds.